The highest BCUT2D eigenvalue weighted by Crippen LogP contribution is 2.28. The van der Waals surface area contributed by atoms with Crippen LogP contribution in [0.4, 0.5) is 0 Å². The fraction of sp³-hybridized carbons (Fsp3) is 0.917. The summed E-state index contributed by atoms with van der Waals surface area (Å²) in [5, 5.41) is 8.90. The van der Waals surface area contributed by atoms with Crippen LogP contribution in [-0.2, 0) is 4.79 Å². The van der Waals surface area contributed by atoms with Crippen LogP contribution in [0.5, 0.6) is 0 Å². The topological polar surface area (TPSA) is 66.6 Å². The highest BCUT2D eigenvalue weighted by atomic mass is 16.4. The van der Waals surface area contributed by atoms with Gasteiger partial charge in [-0.3, -0.25) is 9.69 Å². The van der Waals surface area contributed by atoms with E-state index in [1.165, 1.54) is 12.8 Å². The molecular formula is C12H24N2O2. The van der Waals surface area contributed by atoms with Gasteiger partial charge in [-0.2, -0.15) is 0 Å². The van der Waals surface area contributed by atoms with Crippen LogP contribution < -0.4 is 5.73 Å². The summed E-state index contributed by atoms with van der Waals surface area (Å²) >= 11 is 0. The second-order valence-electron chi connectivity index (χ2n) is 5.73. The largest absolute Gasteiger partial charge is 0.480 e. The smallest absolute Gasteiger partial charge is 0.323 e. The van der Waals surface area contributed by atoms with E-state index in [0.29, 0.717) is 6.42 Å². The van der Waals surface area contributed by atoms with Gasteiger partial charge in [-0.25, -0.2) is 0 Å². The van der Waals surface area contributed by atoms with Gasteiger partial charge in [0.05, 0.1) is 0 Å². The number of carbonyl (C=O) groups is 1. The van der Waals surface area contributed by atoms with Crippen molar-refractivity contribution in [1.82, 2.24) is 4.90 Å². The Hall–Kier alpha value is -0.610. The Morgan fingerprint density at radius 1 is 1.56 bits per heavy atom. The van der Waals surface area contributed by atoms with Crippen LogP contribution in [-0.4, -0.2) is 40.1 Å². The van der Waals surface area contributed by atoms with Gasteiger partial charge in [0.25, 0.3) is 0 Å². The molecule has 1 unspecified atom stereocenters. The number of hydrogen-bond acceptors (Lipinski definition) is 3. The summed E-state index contributed by atoms with van der Waals surface area (Å²) in [5.41, 5.74) is 4.89. The first-order valence-electron chi connectivity index (χ1n) is 6.03. The summed E-state index contributed by atoms with van der Waals surface area (Å²) in [6, 6.07) is 0. The Bertz CT molecular complexity index is 262. The van der Waals surface area contributed by atoms with Crippen molar-refractivity contribution in [3.63, 3.8) is 0 Å². The maximum Gasteiger partial charge on any atom is 0.323 e. The van der Waals surface area contributed by atoms with Gasteiger partial charge < -0.3 is 10.8 Å². The number of nitrogens with two attached hydrogens (primary N) is 1. The molecule has 1 aliphatic heterocycles. The first-order valence-corrected chi connectivity index (χ1v) is 6.03. The average Bonchev–Trinajstić information content (AvgIpc) is 2.45. The van der Waals surface area contributed by atoms with Crippen molar-refractivity contribution in [2.45, 2.75) is 57.5 Å². The molecule has 1 heterocycles. The van der Waals surface area contributed by atoms with E-state index in [9.17, 15) is 4.79 Å². The maximum absolute atomic E-state index is 10.8. The molecule has 0 spiro atoms. The molecule has 1 rings (SSSR count). The molecule has 4 heteroatoms. The van der Waals surface area contributed by atoms with Crippen LogP contribution in [0.2, 0.25) is 0 Å². The fourth-order valence-electron chi connectivity index (χ4n) is 2.32. The minimum atomic E-state index is -1.08. The molecule has 1 saturated heterocycles. The van der Waals surface area contributed by atoms with E-state index in [-0.39, 0.29) is 5.54 Å². The zero-order chi connectivity index (χ0) is 12.4. The zero-order valence-corrected chi connectivity index (χ0v) is 10.6. The van der Waals surface area contributed by atoms with E-state index in [4.69, 9.17) is 10.8 Å². The van der Waals surface area contributed by atoms with Crippen molar-refractivity contribution in [3.8, 4) is 0 Å². The summed E-state index contributed by atoms with van der Waals surface area (Å²) in [6.07, 6.45) is 3.86. The highest BCUT2D eigenvalue weighted by molar-refractivity contribution is 5.77. The molecule has 94 valence electrons. The van der Waals surface area contributed by atoms with Gasteiger partial charge in [-0.1, -0.05) is 0 Å². The lowest BCUT2D eigenvalue weighted by molar-refractivity contribution is -0.142. The molecule has 3 N–H and O–H groups in total. The molecule has 0 aromatic carbocycles. The second-order valence-corrected chi connectivity index (χ2v) is 5.73. The standard InChI is InChI=1S/C12H24N2O2/c1-11(2)6-4-8-14(11)9-5-7-12(3,13)10(15)16/h4-9,13H2,1-3H3,(H,15,16). The van der Waals surface area contributed by atoms with E-state index < -0.39 is 11.5 Å². The highest BCUT2D eigenvalue weighted by Gasteiger charge is 2.32. The molecule has 1 fully saturated rings. The summed E-state index contributed by atoms with van der Waals surface area (Å²) in [4.78, 5) is 13.3. The molecule has 1 aliphatic rings. The van der Waals surface area contributed by atoms with Crippen molar-refractivity contribution in [3.05, 3.63) is 0 Å². The van der Waals surface area contributed by atoms with E-state index in [2.05, 4.69) is 18.7 Å². The number of hydrogen-bond donors (Lipinski definition) is 2. The Kier molecular flexibility index (Phi) is 3.97. The van der Waals surface area contributed by atoms with Gasteiger partial charge in [0, 0.05) is 5.54 Å². The Balaban J connectivity index is 2.34. The molecule has 0 amide bonds. The molecule has 4 nitrogen and oxygen atoms in total. The minimum Gasteiger partial charge on any atom is -0.480 e. The van der Waals surface area contributed by atoms with Crippen LogP contribution in [0, 0.1) is 0 Å². The van der Waals surface area contributed by atoms with Crippen LogP contribution >= 0.6 is 0 Å². The summed E-state index contributed by atoms with van der Waals surface area (Å²) in [7, 11) is 0. The van der Waals surface area contributed by atoms with Crippen LogP contribution in [0.25, 0.3) is 0 Å². The second kappa shape index (κ2) is 4.72. The number of carboxylic acid groups (broad SMARTS) is 1. The lowest BCUT2D eigenvalue weighted by Gasteiger charge is -2.32. The number of nitrogens with zero attached hydrogens (tertiary/aromatic N) is 1. The van der Waals surface area contributed by atoms with Crippen molar-refractivity contribution in [2.24, 2.45) is 5.73 Å². The fourth-order valence-corrected chi connectivity index (χ4v) is 2.32. The van der Waals surface area contributed by atoms with Crippen molar-refractivity contribution in [1.29, 1.82) is 0 Å². The lowest BCUT2D eigenvalue weighted by Crippen LogP contribution is -2.46. The quantitative estimate of drug-likeness (QED) is 0.747. The van der Waals surface area contributed by atoms with Gasteiger partial charge in [0.2, 0.25) is 0 Å². The third kappa shape index (κ3) is 3.19. The zero-order valence-electron chi connectivity index (χ0n) is 10.6. The molecule has 0 bridgehead atoms. The van der Waals surface area contributed by atoms with E-state index in [1.54, 1.807) is 6.92 Å². The molecule has 0 aromatic heterocycles. The van der Waals surface area contributed by atoms with E-state index in [1.807, 2.05) is 0 Å². The molecule has 0 radical (unpaired) electrons. The number of carboxylic acids is 1. The first kappa shape index (κ1) is 13.5. The predicted octanol–water partition coefficient (Wildman–Crippen LogP) is 1.44. The van der Waals surface area contributed by atoms with Crippen LogP contribution in [0.1, 0.15) is 46.5 Å². The summed E-state index contributed by atoms with van der Waals surface area (Å²) in [5.74, 6) is -0.909. The molecule has 1 atom stereocenters. The van der Waals surface area contributed by atoms with E-state index in [0.717, 1.165) is 19.5 Å². The van der Waals surface area contributed by atoms with Crippen molar-refractivity contribution >= 4 is 5.97 Å². The summed E-state index contributed by atoms with van der Waals surface area (Å²) < 4.78 is 0. The predicted molar refractivity (Wildman–Crippen MR) is 64.3 cm³/mol. The Morgan fingerprint density at radius 3 is 2.62 bits per heavy atom. The molecule has 0 saturated carbocycles. The van der Waals surface area contributed by atoms with Crippen LogP contribution in [0.15, 0.2) is 0 Å². The number of likely N-dealkylation sites (tertiary alicyclic amines) is 1. The monoisotopic (exact) mass is 228 g/mol. The minimum absolute atomic E-state index is 0.272. The van der Waals surface area contributed by atoms with Gasteiger partial charge in [-0.15, -0.1) is 0 Å². The van der Waals surface area contributed by atoms with Crippen molar-refractivity contribution in [2.75, 3.05) is 13.1 Å². The van der Waals surface area contributed by atoms with Gasteiger partial charge in [0.15, 0.2) is 0 Å². The normalized spacial score (nSPS) is 24.2. The van der Waals surface area contributed by atoms with Crippen LogP contribution in [0.3, 0.4) is 0 Å². The molecular weight excluding hydrogens is 204 g/mol. The maximum atomic E-state index is 10.8. The molecule has 0 aromatic rings. The molecule has 16 heavy (non-hydrogen) atoms. The number of aliphatic carboxylic acids is 1. The van der Waals surface area contributed by atoms with Gasteiger partial charge in [-0.05, 0) is 59.5 Å². The average molecular weight is 228 g/mol. The first-order chi connectivity index (χ1) is 7.26. The molecule has 0 aliphatic carbocycles. The van der Waals surface area contributed by atoms with Crippen molar-refractivity contribution < 1.29 is 9.90 Å². The number of rotatable bonds is 5. The summed E-state index contributed by atoms with van der Waals surface area (Å²) in [6.45, 7) is 8.16. The van der Waals surface area contributed by atoms with Gasteiger partial charge >= 0.3 is 5.97 Å². The Labute approximate surface area is 97.8 Å². The third-order valence-electron chi connectivity index (χ3n) is 3.69. The van der Waals surface area contributed by atoms with E-state index >= 15 is 0 Å². The lowest BCUT2D eigenvalue weighted by atomic mass is 9.96. The Morgan fingerprint density at radius 2 is 2.19 bits per heavy atom. The van der Waals surface area contributed by atoms with Gasteiger partial charge in [0.1, 0.15) is 5.54 Å². The SMILES string of the molecule is CC(N)(CCCN1CCCC1(C)C)C(=O)O. The third-order valence-corrected chi connectivity index (χ3v) is 3.69.